The molecule has 0 radical (unpaired) electrons. The quantitative estimate of drug-likeness (QED) is 0.348. The summed E-state index contributed by atoms with van der Waals surface area (Å²) in [6.45, 7) is 4.77. The van der Waals surface area contributed by atoms with Gasteiger partial charge in [0.2, 0.25) is 0 Å². The highest BCUT2D eigenvalue weighted by molar-refractivity contribution is 7.99. The van der Waals surface area contributed by atoms with Crippen molar-refractivity contribution < 1.29 is 14.3 Å². The summed E-state index contributed by atoms with van der Waals surface area (Å²) in [5, 5.41) is 1.16. The number of hydrogen-bond acceptors (Lipinski definition) is 7. The normalized spacial score (nSPS) is 16.2. The van der Waals surface area contributed by atoms with Crippen LogP contribution in [-0.4, -0.2) is 34.5 Å². The summed E-state index contributed by atoms with van der Waals surface area (Å²) >= 11 is 2.71. The molecule has 8 heteroatoms. The summed E-state index contributed by atoms with van der Waals surface area (Å²) in [5.41, 5.74) is 1.68. The maximum atomic E-state index is 13.6. The van der Waals surface area contributed by atoms with E-state index in [4.69, 9.17) is 14.5 Å². The van der Waals surface area contributed by atoms with Gasteiger partial charge in [-0.3, -0.25) is 14.2 Å². The zero-order valence-corrected chi connectivity index (χ0v) is 18.1. The van der Waals surface area contributed by atoms with Crippen molar-refractivity contribution in [2.75, 3.05) is 12.9 Å². The molecule has 0 saturated carbocycles. The second-order valence-corrected chi connectivity index (χ2v) is 9.24. The Hall–Kier alpha value is -2.16. The number of para-hydroxylation sites is 1. The van der Waals surface area contributed by atoms with Gasteiger partial charge in [0.25, 0.3) is 5.56 Å². The zero-order chi connectivity index (χ0) is 20.5. The van der Waals surface area contributed by atoms with Crippen LogP contribution in [0.2, 0.25) is 0 Å². The first-order valence-electron chi connectivity index (χ1n) is 9.43. The minimum Gasteiger partial charge on any atom is -0.468 e. The molecule has 29 heavy (non-hydrogen) atoms. The summed E-state index contributed by atoms with van der Waals surface area (Å²) in [4.78, 5) is 31.8. The van der Waals surface area contributed by atoms with Crippen LogP contribution < -0.4 is 5.56 Å². The predicted octanol–water partition coefficient (Wildman–Crippen LogP) is 3.81. The number of nitrogens with zero attached hydrogens (tertiary/aromatic N) is 2. The molecular weight excluding hydrogens is 408 g/mol. The molecular formula is C21H22N2O4S2. The second kappa shape index (κ2) is 8.30. The van der Waals surface area contributed by atoms with E-state index in [1.807, 2.05) is 30.3 Å². The lowest BCUT2D eigenvalue weighted by molar-refractivity contribution is -0.137. The largest absolute Gasteiger partial charge is 0.468 e. The van der Waals surface area contributed by atoms with Gasteiger partial charge in [0.05, 0.1) is 36.6 Å². The minimum atomic E-state index is -0.359. The van der Waals surface area contributed by atoms with Crippen molar-refractivity contribution >= 4 is 39.3 Å². The molecule has 0 spiro atoms. The molecule has 0 N–H and O–H groups in total. The highest BCUT2D eigenvalue weighted by Crippen LogP contribution is 2.36. The molecule has 6 nitrogen and oxygen atoms in total. The Morgan fingerprint density at radius 1 is 1.38 bits per heavy atom. The summed E-state index contributed by atoms with van der Waals surface area (Å²) < 4.78 is 12.3. The number of rotatable bonds is 5. The van der Waals surface area contributed by atoms with Gasteiger partial charge in [-0.25, -0.2) is 4.98 Å². The van der Waals surface area contributed by atoms with E-state index in [-0.39, 0.29) is 23.4 Å². The predicted molar refractivity (Wildman–Crippen MR) is 115 cm³/mol. The standard InChI is InChI=1S/C21H22N2O4S2/c1-12(2)15-9-14-16(10-27-15)29-19-18(14)20(25)23(13-7-5-4-6-8-13)21(22-19)28-11-17(24)26-3/h4-8,12,15H,9-11H2,1-3H3/t15-/m1/s1. The molecule has 152 valence electrons. The van der Waals surface area contributed by atoms with Crippen LogP contribution in [0.3, 0.4) is 0 Å². The smallest absolute Gasteiger partial charge is 0.316 e. The third kappa shape index (κ3) is 3.84. The Morgan fingerprint density at radius 2 is 2.14 bits per heavy atom. The van der Waals surface area contributed by atoms with Crippen molar-refractivity contribution in [3.05, 3.63) is 51.1 Å². The Kier molecular flexibility index (Phi) is 5.76. The van der Waals surface area contributed by atoms with E-state index in [1.165, 1.54) is 30.2 Å². The monoisotopic (exact) mass is 430 g/mol. The number of thioether (sulfide) groups is 1. The average molecular weight is 431 g/mol. The van der Waals surface area contributed by atoms with Crippen molar-refractivity contribution in [2.24, 2.45) is 5.92 Å². The number of benzene rings is 1. The molecule has 1 aliphatic rings. The van der Waals surface area contributed by atoms with E-state index in [0.29, 0.717) is 34.3 Å². The molecule has 1 aromatic carbocycles. The maximum Gasteiger partial charge on any atom is 0.316 e. The number of thiophene rings is 1. The van der Waals surface area contributed by atoms with E-state index in [1.54, 1.807) is 4.57 Å². The third-order valence-corrected chi connectivity index (χ3v) is 7.03. The number of hydrogen-bond donors (Lipinski definition) is 0. The first-order chi connectivity index (χ1) is 14.0. The summed E-state index contributed by atoms with van der Waals surface area (Å²) in [6.07, 6.45) is 0.811. The molecule has 3 aromatic rings. The fraction of sp³-hybridized carbons (Fsp3) is 0.381. The van der Waals surface area contributed by atoms with Crippen LogP contribution in [0.5, 0.6) is 0 Å². The highest BCUT2D eigenvalue weighted by Gasteiger charge is 2.28. The molecule has 0 unspecified atom stereocenters. The molecule has 0 saturated heterocycles. The number of aromatic nitrogens is 2. The number of fused-ring (bicyclic) bond motifs is 3. The first-order valence-corrected chi connectivity index (χ1v) is 11.2. The van der Waals surface area contributed by atoms with E-state index < -0.39 is 0 Å². The van der Waals surface area contributed by atoms with Gasteiger partial charge >= 0.3 is 5.97 Å². The second-order valence-electron chi connectivity index (χ2n) is 7.22. The van der Waals surface area contributed by atoms with Crippen LogP contribution in [0.1, 0.15) is 24.3 Å². The average Bonchev–Trinajstić information content (AvgIpc) is 3.10. The summed E-state index contributed by atoms with van der Waals surface area (Å²) in [5.74, 6) is 0.102. The van der Waals surface area contributed by atoms with Crippen LogP contribution in [-0.2, 0) is 27.3 Å². The number of ether oxygens (including phenoxy) is 2. The minimum absolute atomic E-state index is 0.0882. The molecule has 0 bridgehead atoms. The Bertz CT molecular complexity index is 1110. The van der Waals surface area contributed by atoms with E-state index in [9.17, 15) is 9.59 Å². The van der Waals surface area contributed by atoms with E-state index in [2.05, 4.69) is 13.8 Å². The first kappa shape index (κ1) is 20.1. The molecule has 0 fully saturated rings. The highest BCUT2D eigenvalue weighted by atomic mass is 32.2. The van der Waals surface area contributed by atoms with Gasteiger partial charge in [-0.1, -0.05) is 43.8 Å². The lowest BCUT2D eigenvalue weighted by atomic mass is 9.96. The van der Waals surface area contributed by atoms with Crippen molar-refractivity contribution in [3.63, 3.8) is 0 Å². The number of carbonyl (C=O) groups is 1. The molecule has 2 aromatic heterocycles. The van der Waals surface area contributed by atoms with E-state index in [0.717, 1.165) is 16.1 Å². The fourth-order valence-corrected chi connectivity index (χ4v) is 5.43. The molecule has 3 heterocycles. The van der Waals surface area contributed by atoms with Gasteiger partial charge in [-0.2, -0.15) is 0 Å². The fourth-order valence-electron chi connectivity index (χ4n) is 3.42. The van der Waals surface area contributed by atoms with Gasteiger partial charge in [-0.15, -0.1) is 11.3 Å². The van der Waals surface area contributed by atoms with Crippen molar-refractivity contribution in [2.45, 2.75) is 38.1 Å². The maximum absolute atomic E-state index is 13.6. The lowest BCUT2D eigenvalue weighted by Gasteiger charge is -2.26. The SMILES string of the molecule is COC(=O)CSc1nc2sc3c(c2c(=O)n1-c1ccccc1)C[C@H](C(C)C)OC3. The summed E-state index contributed by atoms with van der Waals surface area (Å²) in [7, 11) is 1.35. The Balaban J connectivity index is 1.89. The van der Waals surface area contributed by atoms with Crippen LogP contribution >= 0.6 is 23.1 Å². The van der Waals surface area contributed by atoms with Crippen LogP contribution in [0.25, 0.3) is 15.9 Å². The Morgan fingerprint density at radius 3 is 2.83 bits per heavy atom. The van der Waals surface area contributed by atoms with Crippen LogP contribution in [0.4, 0.5) is 0 Å². The Labute approximate surface area is 176 Å². The number of esters is 1. The molecule has 1 aliphatic heterocycles. The van der Waals surface area contributed by atoms with Gasteiger partial charge in [0, 0.05) is 11.3 Å². The summed E-state index contributed by atoms with van der Waals surface area (Å²) in [6, 6.07) is 9.41. The molecule has 0 amide bonds. The third-order valence-electron chi connectivity index (χ3n) is 5.02. The number of methoxy groups -OCH3 is 1. The van der Waals surface area contributed by atoms with Crippen LogP contribution in [0.15, 0.2) is 40.3 Å². The van der Waals surface area contributed by atoms with Gasteiger partial charge < -0.3 is 9.47 Å². The van der Waals surface area contributed by atoms with Crippen molar-refractivity contribution in [3.8, 4) is 5.69 Å². The van der Waals surface area contributed by atoms with Gasteiger partial charge in [0.1, 0.15) is 4.83 Å². The molecule has 1 atom stereocenters. The van der Waals surface area contributed by atoms with E-state index >= 15 is 0 Å². The molecule has 4 rings (SSSR count). The van der Waals surface area contributed by atoms with Crippen molar-refractivity contribution in [1.82, 2.24) is 9.55 Å². The van der Waals surface area contributed by atoms with Gasteiger partial charge in [-0.05, 0) is 23.6 Å². The number of carbonyl (C=O) groups excluding carboxylic acids is 1. The zero-order valence-electron chi connectivity index (χ0n) is 16.5. The topological polar surface area (TPSA) is 70.4 Å². The van der Waals surface area contributed by atoms with Gasteiger partial charge in [0.15, 0.2) is 5.16 Å². The molecule has 0 aliphatic carbocycles. The van der Waals surface area contributed by atoms with Crippen molar-refractivity contribution in [1.29, 1.82) is 0 Å². The lowest BCUT2D eigenvalue weighted by Crippen LogP contribution is -2.28. The van der Waals surface area contributed by atoms with Crippen LogP contribution in [0, 0.1) is 5.92 Å².